The Bertz CT molecular complexity index is 375. The number of rotatable bonds is 6. The number of hydrogen-bond donors (Lipinski definition) is 2. The van der Waals surface area contributed by atoms with E-state index in [2.05, 4.69) is 5.32 Å². The first-order valence-electron chi connectivity index (χ1n) is 5.53. The molecule has 94 valence electrons. The summed E-state index contributed by atoms with van der Waals surface area (Å²) in [5, 5.41) is 13.3. The Balaban J connectivity index is 2.37. The highest BCUT2D eigenvalue weighted by Crippen LogP contribution is 2.20. The molecule has 0 aliphatic rings. The van der Waals surface area contributed by atoms with Crippen LogP contribution in [0.15, 0.2) is 17.5 Å². The van der Waals surface area contributed by atoms with E-state index in [0.717, 1.165) is 4.88 Å². The second-order valence-corrected chi connectivity index (χ2v) is 5.16. The molecule has 17 heavy (non-hydrogen) atoms. The molecular formula is C12H17NO3S. The largest absolute Gasteiger partial charge is 0.481 e. The lowest BCUT2D eigenvalue weighted by Crippen LogP contribution is -2.32. The van der Waals surface area contributed by atoms with Crippen LogP contribution in [0.25, 0.3) is 0 Å². The molecule has 4 nitrogen and oxygen atoms in total. The van der Waals surface area contributed by atoms with Crippen molar-refractivity contribution in [1.29, 1.82) is 0 Å². The Kier molecular flexibility index (Phi) is 5.15. The second-order valence-electron chi connectivity index (χ2n) is 4.19. The lowest BCUT2D eigenvalue weighted by molar-refractivity contribution is -0.138. The van der Waals surface area contributed by atoms with E-state index in [9.17, 15) is 9.59 Å². The quantitative estimate of drug-likeness (QED) is 0.818. The highest BCUT2D eigenvalue weighted by atomic mass is 32.1. The lowest BCUT2D eigenvalue weighted by Gasteiger charge is -2.13. The van der Waals surface area contributed by atoms with Gasteiger partial charge in [0, 0.05) is 17.8 Å². The smallest absolute Gasteiger partial charge is 0.303 e. The van der Waals surface area contributed by atoms with Gasteiger partial charge in [-0.25, -0.2) is 0 Å². The highest BCUT2D eigenvalue weighted by Gasteiger charge is 2.17. The van der Waals surface area contributed by atoms with E-state index < -0.39 is 5.97 Å². The number of carbonyl (C=O) groups is 2. The standard InChI is InChI=1S/C12H17NO3S/c1-8(6-11(14)15)7-13-12(16)9(2)10-4-3-5-17-10/h3-5,8-9H,6-7H2,1-2H3,(H,13,16)(H,14,15). The average Bonchev–Trinajstić information content (AvgIpc) is 2.77. The fourth-order valence-electron chi connectivity index (χ4n) is 1.47. The molecular weight excluding hydrogens is 238 g/mol. The molecule has 5 heteroatoms. The van der Waals surface area contributed by atoms with Crippen LogP contribution in [0.3, 0.4) is 0 Å². The average molecular weight is 255 g/mol. The third kappa shape index (κ3) is 4.56. The van der Waals surface area contributed by atoms with Crippen molar-refractivity contribution in [1.82, 2.24) is 5.32 Å². The van der Waals surface area contributed by atoms with Gasteiger partial charge in [-0.05, 0) is 24.3 Å². The van der Waals surface area contributed by atoms with Crippen molar-refractivity contribution in [3.8, 4) is 0 Å². The molecule has 0 saturated heterocycles. The topological polar surface area (TPSA) is 66.4 Å². The summed E-state index contributed by atoms with van der Waals surface area (Å²) in [4.78, 5) is 23.3. The van der Waals surface area contributed by atoms with Crippen LogP contribution in [0.4, 0.5) is 0 Å². The van der Waals surface area contributed by atoms with Crippen molar-refractivity contribution in [2.45, 2.75) is 26.2 Å². The third-order valence-electron chi connectivity index (χ3n) is 2.51. The van der Waals surface area contributed by atoms with Crippen LogP contribution in [-0.4, -0.2) is 23.5 Å². The molecule has 2 N–H and O–H groups in total. The van der Waals surface area contributed by atoms with Gasteiger partial charge in [0.2, 0.25) is 5.91 Å². The summed E-state index contributed by atoms with van der Waals surface area (Å²) in [5.41, 5.74) is 0. The van der Waals surface area contributed by atoms with Gasteiger partial charge in [0.15, 0.2) is 0 Å². The van der Waals surface area contributed by atoms with E-state index in [1.54, 1.807) is 11.3 Å². The minimum atomic E-state index is -0.835. The Labute approximate surface area is 105 Å². The van der Waals surface area contributed by atoms with Crippen LogP contribution in [0.1, 0.15) is 31.1 Å². The van der Waals surface area contributed by atoms with E-state index in [1.807, 2.05) is 31.4 Å². The number of carbonyl (C=O) groups excluding carboxylic acids is 1. The van der Waals surface area contributed by atoms with Crippen molar-refractivity contribution in [2.24, 2.45) is 5.92 Å². The van der Waals surface area contributed by atoms with E-state index in [1.165, 1.54) is 0 Å². The molecule has 2 unspecified atom stereocenters. The minimum absolute atomic E-state index is 0.0491. The Hall–Kier alpha value is -1.36. The lowest BCUT2D eigenvalue weighted by atomic mass is 10.1. The third-order valence-corrected chi connectivity index (χ3v) is 3.57. The van der Waals surface area contributed by atoms with Gasteiger partial charge in [-0.15, -0.1) is 11.3 Å². The maximum atomic E-state index is 11.8. The van der Waals surface area contributed by atoms with Crippen LogP contribution in [0, 0.1) is 5.92 Å². The summed E-state index contributed by atoms with van der Waals surface area (Å²) in [6.07, 6.45) is 0.0770. The van der Waals surface area contributed by atoms with Gasteiger partial charge in [0.25, 0.3) is 0 Å². The summed E-state index contributed by atoms with van der Waals surface area (Å²) >= 11 is 1.55. The Morgan fingerprint density at radius 2 is 2.18 bits per heavy atom. The van der Waals surface area contributed by atoms with Crippen molar-refractivity contribution in [3.63, 3.8) is 0 Å². The van der Waals surface area contributed by atoms with Crippen LogP contribution in [0.2, 0.25) is 0 Å². The summed E-state index contributed by atoms with van der Waals surface area (Å²) in [5.74, 6) is -1.11. The minimum Gasteiger partial charge on any atom is -0.481 e. The van der Waals surface area contributed by atoms with Gasteiger partial charge in [0.05, 0.1) is 5.92 Å². The SMILES string of the molecule is CC(CNC(=O)C(C)c1cccs1)CC(=O)O. The molecule has 1 heterocycles. The van der Waals surface area contributed by atoms with Gasteiger partial charge in [-0.2, -0.15) is 0 Å². The predicted octanol–water partition coefficient (Wildman–Crippen LogP) is 2.08. The molecule has 0 aliphatic carbocycles. The fourth-order valence-corrected chi connectivity index (χ4v) is 2.25. The van der Waals surface area contributed by atoms with Gasteiger partial charge in [-0.1, -0.05) is 13.0 Å². The first-order chi connectivity index (χ1) is 8.00. The molecule has 1 rings (SSSR count). The number of thiophene rings is 1. The first-order valence-corrected chi connectivity index (χ1v) is 6.41. The molecule has 0 fully saturated rings. The molecule has 1 aromatic rings. The maximum absolute atomic E-state index is 11.8. The number of aliphatic carboxylic acids is 1. The molecule has 0 aliphatic heterocycles. The summed E-state index contributed by atoms with van der Waals surface area (Å²) < 4.78 is 0. The first kappa shape index (κ1) is 13.7. The molecule has 0 radical (unpaired) electrons. The van der Waals surface area contributed by atoms with Crippen LogP contribution >= 0.6 is 11.3 Å². The summed E-state index contributed by atoms with van der Waals surface area (Å²) in [6.45, 7) is 4.06. The van der Waals surface area contributed by atoms with E-state index in [-0.39, 0.29) is 24.2 Å². The number of nitrogens with one attached hydrogen (secondary N) is 1. The molecule has 0 bridgehead atoms. The monoisotopic (exact) mass is 255 g/mol. The number of carboxylic acids is 1. The van der Waals surface area contributed by atoms with Gasteiger partial charge in [-0.3, -0.25) is 9.59 Å². The molecule has 2 atom stereocenters. The normalized spacial score (nSPS) is 14.0. The van der Waals surface area contributed by atoms with Crippen molar-refractivity contribution in [3.05, 3.63) is 22.4 Å². The van der Waals surface area contributed by atoms with E-state index >= 15 is 0 Å². The highest BCUT2D eigenvalue weighted by molar-refractivity contribution is 7.10. The number of hydrogen-bond acceptors (Lipinski definition) is 3. The number of amides is 1. The van der Waals surface area contributed by atoms with Gasteiger partial charge < -0.3 is 10.4 Å². The Morgan fingerprint density at radius 1 is 1.47 bits per heavy atom. The van der Waals surface area contributed by atoms with Crippen molar-refractivity contribution < 1.29 is 14.7 Å². The van der Waals surface area contributed by atoms with Crippen LogP contribution < -0.4 is 5.32 Å². The zero-order valence-corrected chi connectivity index (χ0v) is 10.8. The maximum Gasteiger partial charge on any atom is 0.303 e. The van der Waals surface area contributed by atoms with E-state index in [0.29, 0.717) is 6.54 Å². The zero-order valence-electron chi connectivity index (χ0n) is 9.97. The van der Waals surface area contributed by atoms with Crippen molar-refractivity contribution in [2.75, 3.05) is 6.54 Å². The second kappa shape index (κ2) is 6.39. The summed E-state index contributed by atoms with van der Waals surface area (Å²) in [6, 6.07) is 3.84. The molecule has 1 aromatic heterocycles. The Morgan fingerprint density at radius 3 is 2.71 bits per heavy atom. The van der Waals surface area contributed by atoms with Gasteiger partial charge >= 0.3 is 5.97 Å². The zero-order chi connectivity index (χ0) is 12.8. The fraction of sp³-hybridized carbons (Fsp3) is 0.500. The summed E-state index contributed by atoms with van der Waals surface area (Å²) in [7, 11) is 0. The predicted molar refractivity (Wildman–Crippen MR) is 67.2 cm³/mol. The molecule has 0 saturated carbocycles. The van der Waals surface area contributed by atoms with Crippen LogP contribution in [0.5, 0.6) is 0 Å². The molecule has 0 aromatic carbocycles. The van der Waals surface area contributed by atoms with Gasteiger partial charge in [0.1, 0.15) is 0 Å². The number of carboxylic acid groups (broad SMARTS) is 1. The van der Waals surface area contributed by atoms with Crippen LogP contribution in [-0.2, 0) is 9.59 Å². The van der Waals surface area contributed by atoms with E-state index in [4.69, 9.17) is 5.11 Å². The van der Waals surface area contributed by atoms with Crippen molar-refractivity contribution >= 4 is 23.2 Å². The molecule has 0 spiro atoms. The molecule has 1 amide bonds.